The minimum Gasteiger partial charge on any atom is -0.324 e. The standard InChI is InChI=1S/C30H30N2O2/c1-3-20-13-16-24-23(18-20)30(29(34)31-24)27(28(33)22-14-11-19(2)12-15-22)26(21-8-5-4-6-9-21)25-10-7-17-32(25)30/h4-6,8-9,11-16,18,25-27H,3,7,10,17H2,1-2H3,(H,31,34)/t25?,26?,27?,30-/m1/s1. The largest absolute Gasteiger partial charge is 0.324 e. The molecule has 0 aliphatic carbocycles. The Kier molecular flexibility index (Phi) is 4.96. The fourth-order valence-corrected chi connectivity index (χ4v) is 6.77. The average molecular weight is 451 g/mol. The van der Waals surface area contributed by atoms with E-state index in [1.807, 2.05) is 55.5 Å². The molecule has 6 rings (SSSR count). The van der Waals surface area contributed by atoms with Crippen LogP contribution in [0.25, 0.3) is 0 Å². The summed E-state index contributed by atoms with van der Waals surface area (Å²) < 4.78 is 0. The van der Waals surface area contributed by atoms with Gasteiger partial charge in [0.05, 0.1) is 5.92 Å². The molecule has 4 heteroatoms. The predicted molar refractivity (Wildman–Crippen MR) is 134 cm³/mol. The Balaban J connectivity index is 1.62. The van der Waals surface area contributed by atoms with Crippen molar-refractivity contribution >= 4 is 17.4 Å². The van der Waals surface area contributed by atoms with Gasteiger partial charge in [0.2, 0.25) is 5.91 Å². The van der Waals surface area contributed by atoms with Gasteiger partial charge >= 0.3 is 0 Å². The van der Waals surface area contributed by atoms with Gasteiger partial charge in [0.1, 0.15) is 5.54 Å². The summed E-state index contributed by atoms with van der Waals surface area (Å²) in [6.45, 7) is 4.99. The summed E-state index contributed by atoms with van der Waals surface area (Å²) in [6, 6.07) is 24.6. The Morgan fingerprint density at radius 1 is 1.06 bits per heavy atom. The number of nitrogens with one attached hydrogen (secondary N) is 1. The third-order valence-electron chi connectivity index (χ3n) is 8.28. The molecular formula is C30H30N2O2. The highest BCUT2D eigenvalue weighted by atomic mass is 16.2. The number of benzene rings is 3. The van der Waals surface area contributed by atoms with Gasteiger partial charge in [-0.15, -0.1) is 0 Å². The second-order valence-electron chi connectivity index (χ2n) is 10.0. The van der Waals surface area contributed by atoms with E-state index in [-0.39, 0.29) is 23.7 Å². The van der Waals surface area contributed by atoms with Gasteiger partial charge in [-0.25, -0.2) is 0 Å². The van der Waals surface area contributed by atoms with Crippen molar-refractivity contribution in [2.45, 2.75) is 50.6 Å². The molecule has 0 saturated carbocycles. The van der Waals surface area contributed by atoms with E-state index < -0.39 is 11.5 Å². The van der Waals surface area contributed by atoms with Crippen LogP contribution in [0.15, 0.2) is 72.8 Å². The number of aryl methyl sites for hydroxylation is 2. The zero-order valence-electron chi connectivity index (χ0n) is 19.8. The first kappa shape index (κ1) is 21.3. The normalized spacial score (nSPS) is 27.6. The van der Waals surface area contributed by atoms with Crippen molar-refractivity contribution in [2.75, 3.05) is 11.9 Å². The molecule has 3 aromatic rings. The molecular weight excluding hydrogens is 420 g/mol. The summed E-state index contributed by atoms with van der Waals surface area (Å²) in [4.78, 5) is 30.9. The zero-order valence-corrected chi connectivity index (χ0v) is 19.8. The summed E-state index contributed by atoms with van der Waals surface area (Å²) in [6.07, 6.45) is 2.92. The molecule has 1 amide bonds. The number of Topliss-reactive ketones (excluding diaryl/α,β-unsaturated/α-hetero) is 1. The van der Waals surface area contributed by atoms with Crippen molar-refractivity contribution in [1.29, 1.82) is 0 Å². The number of carbonyl (C=O) groups excluding carboxylic acids is 2. The van der Waals surface area contributed by atoms with Crippen LogP contribution in [0.4, 0.5) is 5.69 Å². The van der Waals surface area contributed by atoms with Gasteiger partial charge in [0.15, 0.2) is 5.78 Å². The minimum atomic E-state index is -0.982. The molecule has 1 spiro atoms. The average Bonchev–Trinajstić information content (AvgIpc) is 3.52. The highest BCUT2D eigenvalue weighted by Gasteiger charge is 2.69. The number of hydrogen-bond acceptors (Lipinski definition) is 3. The number of carbonyl (C=O) groups is 2. The van der Waals surface area contributed by atoms with E-state index in [4.69, 9.17) is 0 Å². The molecule has 2 saturated heterocycles. The lowest BCUT2D eigenvalue weighted by Crippen LogP contribution is -2.52. The SMILES string of the molecule is CCc1ccc2c(c1)[C@]1(C(=O)N2)C(C(=O)c2ccc(C)cc2)C(c2ccccc2)C2CCCN21. The van der Waals surface area contributed by atoms with Crippen LogP contribution in [0.2, 0.25) is 0 Å². The highest BCUT2D eigenvalue weighted by Crippen LogP contribution is 2.61. The maximum Gasteiger partial charge on any atom is 0.250 e. The molecule has 3 aliphatic heterocycles. The van der Waals surface area contributed by atoms with Crippen LogP contribution in [0.1, 0.15) is 58.3 Å². The van der Waals surface area contributed by atoms with E-state index >= 15 is 0 Å². The number of fused-ring (bicyclic) bond motifs is 4. The molecule has 0 bridgehead atoms. The Bertz CT molecular complexity index is 1270. The fraction of sp³-hybridized carbons (Fsp3) is 0.333. The summed E-state index contributed by atoms with van der Waals surface area (Å²) >= 11 is 0. The molecule has 0 radical (unpaired) electrons. The summed E-state index contributed by atoms with van der Waals surface area (Å²) in [5.74, 6) is -0.518. The Hall–Kier alpha value is -3.24. The molecule has 4 atom stereocenters. The zero-order chi connectivity index (χ0) is 23.4. The van der Waals surface area contributed by atoms with Crippen LogP contribution in [0.5, 0.6) is 0 Å². The lowest BCUT2D eigenvalue weighted by molar-refractivity contribution is -0.127. The number of amides is 1. The van der Waals surface area contributed by atoms with Gasteiger partial charge in [-0.1, -0.05) is 79.2 Å². The third kappa shape index (κ3) is 2.88. The second kappa shape index (κ2) is 7.92. The van der Waals surface area contributed by atoms with Gasteiger partial charge < -0.3 is 5.32 Å². The van der Waals surface area contributed by atoms with E-state index in [1.165, 1.54) is 5.56 Å². The van der Waals surface area contributed by atoms with Crippen molar-refractivity contribution < 1.29 is 9.59 Å². The van der Waals surface area contributed by atoms with Gasteiger partial charge in [0.25, 0.3) is 0 Å². The minimum absolute atomic E-state index is 0.0421. The molecule has 1 N–H and O–H groups in total. The van der Waals surface area contributed by atoms with Crippen molar-refractivity contribution in [3.05, 3.63) is 101 Å². The molecule has 4 nitrogen and oxygen atoms in total. The summed E-state index contributed by atoms with van der Waals surface area (Å²) in [5, 5.41) is 3.18. The van der Waals surface area contributed by atoms with E-state index in [2.05, 4.69) is 41.4 Å². The third-order valence-corrected chi connectivity index (χ3v) is 8.28. The van der Waals surface area contributed by atoms with Crippen LogP contribution in [0, 0.1) is 12.8 Å². The van der Waals surface area contributed by atoms with Gasteiger partial charge in [0, 0.05) is 28.8 Å². The number of ketones is 1. The second-order valence-corrected chi connectivity index (χ2v) is 10.0. The maximum atomic E-state index is 14.4. The molecule has 3 heterocycles. The molecule has 2 fully saturated rings. The number of nitrogens with zero attached hydrogens (tertiary/aromatic N) is 1. The quantitative estimate of drug-likeness (QED) is 0.537. The van der Waals surface area contributed by atoms with Crippen molar-refractivity contribution in [3.8, 4) is 0 Å². The number of hydrogen-bond donors (Lipinski definition) is 1. The molecule has 3 unspecified atom stereocenters. The van der Waals surface area contributed by atoms with E-state index in [9.17, 15) is 9.59 Å². The first-order chi connectivity index (χ1) is 16.6. The summed E-state index contributed by atoms with van der Waals surface area (Å²) in [5.41, 5.74) is 4.99. The van der Waals surface area contributed by atoms with E-state index in [1.54, 1.807) is 0 Å². The van der Waals surface area contributed by atoms with E-state index in [0.29, 0.717) is 5.56 Å². The molecule has 172 valence electrons. The molecule has 3 aliphatic rings. The maximum absolute atomic E-state index is 14.4. The number of rotatable bonds is 4. The fourth-order valence-electron chi connectivity index (χ4n) is 6.77. The van der Waals surface area contributed by atoms with Gasteiger partial charge in [-0.05, 0) is 49.9 Å². The predicted octanol–water partition coefficient (Wildman–Crippen LogP) is 5.47. The monoisotopic (exact) mass is 450 g/mol. The lowest BCUT2D eigenvalue weighted by atomic mass is 9.68. The Morgan fingerprint density at radius 2 is 1.82 bits per heavy atom. The molecule has 3 aromatic carbocycles. The Labute approximate surface area is 201 Å². The van der Waals surface area contributed by atoms with Crippen LogP contribution < -0.4 is 5.32 Å². The van der Waals surface area contributed by atoms with Crippen LogP contribution in [-0.4, -0.2) is 29.2 Å². The van der Waals surface area contributed by atoms with Crippen LogP contribution in [0.3, 0.4) is 0 Å². The lowest BCUT2D eigenvalue weighted by Gasteiger charge is -2.37. The van der Waals surface area contributed by atoms with Gasteiger partial charge in [-0.3, -0.25) is 14.5 Å². The van der Waals surface area contributed by atoms with Crippen LogP contribution >= 0.6 is 0 Å². The highest BCUT2D eigenvalue weighted by molar-refractivity contribution is 6.12. The molecule has 0 aromatic heterocycles. The van der Waals surface area contributed by atoms with Gasteiger partial charge in [-0.2, -0.15) is 0 Å². The van der Waals surface area contributed by atoms with E-state index in [0.717, 1.165) is 48.2 Å². The van der Waals surface area contributed by atoms with Crippen molar-refractivity contribution in [1.82, 2.24) is 4.90 Å². The first-order valence-electron chi connectivity index (χ1n) is 12.4. The Morgan fingerprint density at radius 3 is 2.56 bits per heavy atom. The van der Waals surface area contributed by atoms with Crippen molar-refractivity contribution in [3.63, 3.8) is 0 Å². The topological polar surface area (TPSA) is 49.4 Å². The molecule has 34 heavy (non-hydrogen) atoms. The summed E-state index contributed by atoms with van der Waals surface area (Å²) in [7, 11) is 0. The number of anilines is 1. The smallest absolute Gasteiger partial charge is 0.250 e. The first-order valence-corrected chi connectivity index (χ1v) is 12.4. The van der Waals surface area contributed by atoms with Crippen LogP contribution in [-0.2, 0) is 16.8 Å². The van der Waals surface area contributed by atoms with Crippen molar-refractivity contribution in [2.24, 2.45) is 5.92 Å².